The maximum atomic E-state index is 11.1. The molecule has 3 heteroatoms. The third-order valence-electron chi connectivity index (χ3n) is 2.39. The van der Waals surface area contributed by atoms with E-state index in [1.54, 1.807) is 19.0 Å². The van der Waals surface area contributed by atoms with Crippen LogP contribution < -0.4 is 5.32 Å². The van der Waals surface area contributed by atoms with Crippen LogP contribution in [-0.4, -0.2) is 37.0 Å². The molecule has 1 aliphatic rings. The smallest absolute Gasteiger partial charge is 0.223 e. The zero-order chi connectivity index (χ0) is 9.19. The predicted molar refractivity (Wildman–Crippen MR) is 49.0 cm³/mol. The summed E-state index contributed by atoms with van der Waals surface area (Å²) in [7, 11) is 3.59. The van der Waals surface area contributed by atoms with E-state index in [4.69, 9.17) is 0 Å². The highest BCUT2D eigenvalue weighted by Gasteiger charge is 2.36. The van der Waals surface area contributed by atoms with Gasteiger partial charge in [-0.2, -0.15) is 0 Å². The van der Waals surface area contributed by atoms with E-state index in [0.717, 1.165) is 6.54 Å². The fourth-order valence-corrected chi connectivity index (χ4v) is 1.06. The van der Waals surface area contributed by atoms with E-state index >= 15 is 0 Å². The Morgan fingerprint density at radius 3 is 2.50 bits per heavy atom. The van der Waals surface area contributed by atoms with Crippen molar-refractivity contribution >= 4 is 5.91 Å². The van der Waals surface area contributed by atoms with Gasteiger partial charge in [-0.1, -0.05) is 0 Å². The van der Waals surface area contributed by atoms with Crippen molar-refractivity contribution in [2.75, 3.05) is 20.6 Å². The molecule has 0 radical (unpaired) electrons. The maximum Gasteiger partial charge on any atom is 0.223 e. The van der Waals surface area contributed by atoms with Gasteiger partial charge in [-0.15, -0.1) is 0 Å². The van der Waals surface area contributed by atoms with Crippen LogP contribution >= 0.6 is 0 Å². The van der Waals surface area contributed by atoms with E-state index in [1.165, 1.54) is 12.8 Å². The Hall–Kier alpha value is -0.570. The van der Waals surface area contributed by atoms with Gasteiger partial charge in [0, 0.05) is 32.6 Å². The second-order valence-electron chi connectivity index (χ2n) is 4.03. The largest absolute Gasteiger partial charge is 0.349 e. The Bertz CT molecular complexity index is 173. The van der Waals surface area contributed by atoms with Crippen molar-refractivity contribution in [3.8, 4) is 0 Å². The van der Waals surface area contributed by atoms with Crippen LogP contribution in [0.3, 0.4) is 0 Å². The number of nitrogens with one attached hydrogen (secondary N) is 1. The summed E-state index contributed by atoms with van der Waals surface area (Å²) in [6.07, 6.45) is 3.12. The van der Waals surface area contributed by atoms with Crippen LogP contribution in [0.4, 0.5) is 0 Å². The van der Waals surface area contributed by atoms with Gasteiger partial charge in [-0.3, -0.25) is 4.79 Å². The number of carbonyl (C=O) groups is 1. The van der Waals surface area contributed by atoms with Crippen molar-refractivity contribution in [1.29, 1.82) is 0 Å². The van der Waals surface area contributed by atoms with Gasteiger partial charge in [-0.25, -0.2) is 0 Å². The standard InChI is InChI=1S/C9H18N2O/c1-9(5-6-9)10-7-4-8(12)11(2)3/h10H,4-7H2,1-3H3. The Labute approximate surface area is 74.1 Å². The van der Waals surface area contributed by atoms with Crippen LogP contribution in [0.2, 0.25) is 0 Å². The van der Waals surface area contributed by atoms with E-state index in [9.17, 15) is 4.79 Å². The molecule has 1 saturated carbocycles. The Morgan fingerprint density at radius 1 is 1.50 bits per heavy atom. The van der Waals surface area contributed by atoms with Gasteiger partial charge in [0.1, 0.15) is 0 Å². The normalized spacial score (nSPS) is 18.9. The highest BCUT2D eigenvalue weighted by Crippen LogP contribution is 2.33. The van der Waals surface area contributed by atoms with Crippen LogP contribution in [0.5, 0.6) is 0 Å². The van der Waals surface area contributed by atoms with E-state index in [1.807, 2.05) is 0 Å². The fraction of sp³-hybridized carbons (Fsp3) is 0.889. The molecule has 12 heavy (non-hydrogen) atoms. The first-order valence-electron chi connectivity index (χ1n) is 4.49. The van der Waals surface area contributed by atoms with E-state index < -0.39 is 0 Å². The summed E-state index contributed by atoms with van der Waals surface area (Å²) in [5.41, 5.74) is 0.354. The molecule has 0 aromatic rings. The molecule has 0 heterocycles. The lowest BCUT2D eigenvalue weighted by Gasteiger charge is -2.13. The lowest BCUT2D eigenvalue weighted by Crippen LogP contribution is -2.32. The summed E-state index contributed by atoms with van der Waals surface area (Å²) in [5, 5.41) is 3.37. The molecule has 0 aromatic carbocycles. The van der Waals surface area contributed by atoms with Gasteiger partial charge in [0.25, 0.3) is 0 Å². The molecule has 1 fully saturated rings. The molecule has 70 valence electrons. The summed E-state index contributed by atoms with van der Waals surface area (Å²) in [6.45, 7) is 3.01. The summed E-state index contributed by atoms with van der Waals surface area (Å²) in [5.74, 6) is 0.201. The Kier molecular flexibility index (Phi) is 2.73. The Balaban J connectivity index is 2.06. The minimum Gasteiger partial charge on any atom is -0.349 e. The lowest BCUT2D eigenvalue weighted by molar-refractivity contribution is -0.128. The molecule has 0 aliphatic heterocycles. The highest BCUT2D eigenvalue weighted by molar-refractivity contribution is 5.75. The van der Waals surface area contributed by atoms with Gasteiger partial charge in [0.2, 0.25) is 5.91 Å². The summed E-state index contributed by atoms with van der Waals surface area (Å²) < 4.78 is 0. The zero-order valence-electron chi connectivity index (χ0n) is 8.18. The van der Waals surface area contributed by atoms with Gasteiger partial charge < -0.3 is 10.2 Å². The van der Waals surface area contributed by atoms with Crippen molar-refractivity contribution in [3.05, 3.63) is 0 Å². The van der Waals surface area contributed by atoms with Crippen molar-refractivity contribution in [2.24, 2.45) is 0 Å². The molecule has 1 aliphatic carbocycles. The summed E-state index contributed by atoms with van der Waals surface area (Å²) >= 11 is 0. The molecule has 0 saturated heterocycles. The lowest BCUT2D eigenvalue weighted by atomic mass is 10.3. The number of amides is 1. The van der Waals surface area contributed by atoms with Crippen molar-refractivity contribution in [3.63, 3.8) is 0 Å². The summed E-state index contributed by atoms with van der Waals surface area (Å²) in [4.78, 5) is 12.8. The number of rotatable bonds is 4. The van der Waals surface area contributed by atoms with Crippen LogP contribution in [0.25, 0.3) is 0 Å². The zero-order valence-corrected chi connectivity index (χ0v) is 8.18. The van der Waals surface area contributed by atoms with Crippen LogP contribution in [0, 0.1) is 0 Å². The van der Waals surface area contributed by atoms with Crippen molar-refractivity contribution < 1.29 is 4.79 Å². The number of carbonyl (C=O) groups excluding carboxylic acids is 1. The minimum atomic E-state index is 0.201. The molecule has 0 aromatic heterocycles. The number of hydrogen-bond donors (Lipinski definition) is 1. The maximum absolute atomic E-state index is 11.1. The average molecular weight is 170 g/mol. The monoisotopic (exact) mass is 170 g/mol. The molecule has 1 N–H and O–H groups in total. The van der Waals surface area contributed by atoms with Gasteiger partial charge in [0.15, 0.2) is 0 Å². The number of nitrogens with zero attached hydrogens (tertiary/aromatic N) is 1. The molecule has 0 bridgehead atoms. The fourth-order valence-electron chi connectivity index (χ4n) is 1.06. The molecule has 0 spiro atoms. The predicted octanol–water partition coefficient (Wildman–Crippen LogP) is 0.607. The molecule has 3 nitrogen and oxygen atoms in total. The molecular weight excluding hydrogens is 152 g/mol. The molecular formula is C9H18N2O. The molecule has 1 amide bonds. The van der Waals surface area contributed by atoms with Gasteiger partial charge in [0.05, 0.1) is 0 Å². The van der Waals surface area contributed by atoms with Crippen molar-refractivity contribution in [1.82, 2.24) is 10.2 Å². The van der Waals surface area contributed by atoms with Crippen molar-refractivity contribution in [2.45, 2.75) is 31.7 Å². The SMILES string of the molecule is CN(C)C(=O)CCNC1(C)CC1. The summed E-state index contributed by atoms with van der Waals surface area (Å²) in [6, 6.07) is 0. The van der Waals surface area contributed by atoms with Gasteiger partial charge >= 0.3 is 0 Å². The quantitative estimate of drug-likeness (QED) is 0.670. The van der Waals surface area contributed by atoms with Crippen LogP contribution in [0.1, 0.15) is 26.2 Å². The molecule has 1 rings (SSSR count). The molecule has 0 atom stereocenters. The topological polar surface area (TPSA) is 32.3 Å². The first-order chi connectivity index (χ1) is 5.53. The first-order valence-corrected chi connectivity index (χ1v) is 4.49. The third kappa shape index (κ3) is 2.81. The third-order valence-corrected chi connectivity index (χ3v) is 2.39. The number of hydrogen-bond acceptors (Lipinski definition) is 2. The average Bonchev–Trinajstić information content (AvgIpc) is 2.68. The van der Waals surface area contributed by atoms with E-state index in [0.29, 0.717) is 12.0 Å². The van der Waals surface area contributed by atoms with Gasteiger partial charge in [-0.05, 0) is 19.8 Å². The van der Waals surface area contributed by atoms with E-state index in [2.05, 4.69) is 12.2 Å². The molecule has 0 unspecified atom stereocenters. The minimum absolute atomic E-state index is 0.201. The Morgan fingerprint density at radius 2 is 2.08 bits per heavy atom. The highest BCUT2D eigenvalue weighted by atomic mass is 16.2. The van der Waals surface area contributed by atoms with E-state index in [-0.39, 0.29) is 5.91 Å². The van der Waals surface area contributed by atoms with Crippen LogP contribution in [-0.2, 0) is 4.79 Å². The first kappa shape index (κ1) is 9.52. The second-order valence-corrected chi connectivity index (χ2v) is 4.03. The second kappa shape index (κ2) is 3.44. The van der Waals surface area contributed by atoms with Crippen LogP contribution in [0.15, 0.2) is 0 Å².